The quantitative estimate of drug-likeness (QED) is 0.904. The van der Waals surface area contributed by atoms with Gasteiger partial charge in [-0.15, -0.1) is 0 Å². The summed E-state index contributed by atoms with van der Waals surface area (Å²) in [5, 5.41) is 0. The third-order valence-electron chi connectivity index (χ3n) is 6.05. The van der Waals surface area contributed by atoms with Crippen LogP contribution < -0.4 is 10.6 Å². The molecule has 3 nitrogen and oxygen atoms in total. The van der Waals surface area contributed by atoms with Crippen LogP contribution in [0.4, 0.5) is 5.69 Å². The summed E-state index contributed by atoms with van der Waals surface area (Å²) >= 11 is 0. The van der Waals surface area contributed by atoms with E-state index in [9.17, 15) is 0 Å². The third-order valence-corrected chi connectivity index (χ3v) is 6.05. The fraction of sp³-hybridized carbons (Fsp3) is 0.667. The molecule has 0 saturated carbocycles. The van der Waals surface area contributed by atoms with E-state index in [-0.39, 0.29) is 5.54 Å². The van der Waals surface area contributed by atoms with E-state index in [2.05, 4.69) is 41.0 Å². The maximum absolute atomic E-state index is 6.39. The van der Waals surface area contributed by atoms with Crippen LogP contribution in [0.2, 0.25) is 0 Å². The molecule has 2 fully saturated rings. The van der Waals surface area contributed by atoms with Crippen molar-refractivity contribution in [1.82, 2.24) is 4.90 Å². The Morgan fingerprint density at radius 1 is 1.29 bits per heavy atom. The minimum atomic E-state index is 0.168. The second-order valence-electron chi connectivity index (χ2n) is 7.30. The fourth-order valence-electron chi connectivity index (χ4n) is 5.09. The van der Waals surface area contributed by atoms with E-state index in [4.69, 9.17) is 5.73 Å². The first-order valence-corrected chi connectivity index (χ1v) is 8.54. The molecule has 1 aromatic rings. The van der Waals surface area contributed by atoms with Gasteiger partial charge in [-0.1, -0.05) is 25.1 Å². The van der Waals surface area contributed by atoms with Crippen molar-refractivity contribution in [2.75, 3.05) is 31.1 Å². The Morgan fingerprint density at radius 2 is 2.14 bits per heavy atom. The molecule has 0 aromatic heterocycles. The molecule has 3 heteroatoms. The highest BCUT2D eigenvalue weighted by Crippen LogP contribution is 2.44. The molecule has 0 radical (unpaired) electrons. The van der Waals surface area contributed by atoms with Crippen LogP contribution in [0.25, 0.3) is 0 Å². The lowest BCUT2D eigenvalue weighted by molar-refractivity contribution is 0.248. The standard InChI is InChI=1S/C18H27N3/c1-14-11-15-5-2-3-6-16(15)21(12-14)18(13-19)8-10-20-9-4-7-17(18)20/h2-3,5-6,14,17H,4,7-13,19H2,1H3. The van der Waals surface area contributed by atoms with Crippen molar-refractivity contribution in [3.63, 3.8) is 0 Å². The highest BCUT2D eigenvalue weighted by atomic mass is 15.3. The number of anilines is 1. The predicted molar refractivity (Wildman–Crippen MR) is 87.7 cm³/mol. The first-order chi connectivity index (χ1) is 10.2. The summed E-state index contributed by atoms with van der Waals surface area (Å²) in [5.41, 5.74) is 9.53. The van der Waals surface area contributed by atoms with Crippen LogP contribution in [0.5, 0.6) is 0 Å². The molecule has 1 aromatic carbocycles. The van der Waals surface area contributed by atoms with Gasteiger partial charge >= 0.3 is 0 Å². The number of hydrogen-bond donors (Lipinski definition) is 1. The van der Waals surface area contributed by atoms with Gasteiger partial charge < -0.3 is 10.6 Å². The summed E-state index contributed by atoms with van der Waals surface area (Å²) in [5.74, 6) is 0.721. The van der Waals surface area contributed by atoms with Crippen LogP contribution in [0, 0.1) is 5.92 Å². The molecule has 4 rings (SSSR count). The van der Waals surface area contributed by atoms with Crippen LogP contribution in [0.3, 0.4) is 0 Å². The normalized spacial score (nSPS) is 35.8. The molecule has 3 heterocycles. The van der Waals surface area contributed by atoms with Crippen molar-refractivity contribution in [1.29, 1.82) is 0 Å². The van der Waals surface area contributed by atoms with E-state index in [1.54, 1.807) is 0 Å². The third kappa shape index (κ3) is 1.94. The number of benzene rings is 1. The fourth-order valence-corrected chi connectivity index (χ4v) is 5.09. The Labute approximate surface area is 128 Å². The SMILES string of the molecule is CC1Cc2ccccc2N(C2(CN)CCN3CCCC32)C1. The van der Waals surface area contributed by atoms with E-state index >= 15 is 0 Å². The maximum atomic E-state index is 6.39. The number of fused-ring (bicyclic) bond motifs is 2. The highest BCUT2D eigenvalue weighted by Gasteiger charge is 2.52. The Hall–Kier alpha value is -1.06. The van der Waals surface area contributed by atoms with Crippen LogP contribution >= 0.6 is 0 Å². The Bertz CT molecular complexity index is 529. The van der Waals surface area contributed by atoms with Crippen LogP contribution in [-0.2, 0) is 6.42 Å². The molecule has 3 unspecified atom stereocenters. The van der Waals surface area contributed by atoms with E-state index in [1.807, 2.05) is 0 Å². The smallest absolute Gasteiger partial charge is 0.0691 e. The molecule has 3 aliphatic rings. The van der Waals surface area contributed by atoms with Gasteiger partial charge in [-0.3, -0.25) is 4.90 Å². The average molecular weight is 285 g/mol. The van der Waals surface area contributed by atoms with Gasteiger partial charge in [0.15, 0.2) is 0 Å². The summed E-state index contributed by atoms with van der Waals surface area (Å²) < 4.78 is 0. The lowest BCUT2D eigenvalue weighted by Gasteiger charge is -2.50. The minimum absolute atomic E-state index is 0.168. The summed E-state index contributed by atoms with van der Waals surface area (Å²) in [7, 11) is 0. The minimum Gasteiger partial charge on any atom is -0.362 e. The Kier molecular flexibility index (Phi) is 3.23. The molecule has 2 saturated heterocycles. The lowest BCUT2D eigenvalue weighted by Crippen LogP contribution is -2.62. The van der Waals surface area contributed by atoms with Crippen LogP contribution in [-0.4, -0.2) is 42.7 Å². The second-order valence-corrected chi connectivity index (χ2v) is 7.30. The zero-order chi connectivity index (χ0) is 14.4. The second kappa shape index (κ2) is 4.99. The number of hydrogen-bond acceptors (Lipinski definition) is 3. The van der Waals surface area contributed by atoms with Crippen molar-refractivity contribution >= 4 is 5.69 Å². The van der Waals surface area contributed by atoms with Crippen molar-refractivity contribution in [3.8, 4) is 0 Å². The summed E-state index contributed by atoms with van der Waals surface area (Å²) in [6.45, 7) is 6.84. The Balaban J connectivity index is 1.77. The van der Waals surface area contributed by atoms with Gasteiger partial charge in [-0.05, 0) is 49.8 Å². The molecule has 114 valence electrons. The summed E-state index contributed by atoms with van der Waals surface area (Å²) in [6, 6.07) is 9.66. The van der Waals surface area contributed by atoms with Crippen molar-refractivity contribution < 1.29 is 0 Å². The van der Waals surface area contributed by atoms with Gasteiger partial charge in [0, 0.05) is 31.4 Å². The lowest BCUT2D eigenvalue weighted by atomic mass is 9.82. The van der Waals surface area contributed by atoms with Crippen LogP contribution in [0.15, 0.2) is 24.3 Å². The van der Waals surface area contributed by atoms with E-state index in [0.29, 0.717) is 6.04 Å². The number of nitrogens with zero attached hydrogens (tertiary/aromatic N) is 2. The maximum Gasteiger partial charge on any atom is 0.0691 e. The molecular weight excluding hydrogens is 258 g/mol. The molecule has 2 N–H and O–H groups in total. The van der Waals surface area contributed by atoms with Crippen molar-refractivity contribution in [2.45, 2.75) is 44.2 Å². The van der Waals surface area contributed by atoms with Gasteiger partial charge in [0.05, 0.1) is 5.54 Å². The van der Waals surface area contributed by atoms with E-state index < -0.39 is 0 Å². The highest BCUT2D eigenvalue weighted by molar-refractivity contribution is 5.59. The predicted octanol–water partition coefficient (Wildman–Crippen LogP) is 2.25. The molecule has 21 heavy (non-hydrogen) atoms. The largest absolute Gasteiger partial charge is 0.362 e. The zero-order valence-electron chi connectivity index (χ0n) is 13.1. The average Bonchev–Trinajstić information content (AvgIpc) is 3.09. The summed E-state index contributed by atoms with van der Waals surface area (Å²) in [4.78, 5) is 5.39. The van der Waals surface area contributed by atoms with E-state index in [0.717, 1.165) is 12.5 Å². The number of para-hydroxylation sites is 1. The monoisotopic (exact) mass is 285 g/mol. The molecule has 0 spiro atoms. The van der Waals surface area contributed by atoms with Gasteiger partial charge in [0.1, 0.15) is 0 Å². The molecule has 0 bridgehead atoms. The summed E-state index contributed by atoms with van der Waals surface area (Å²) in [6.07, 6.45) is 5.11. The van der Waals surface area contributed by atoms with E-state index in [1.165, 1.54) is 56.6 Å². The number of nitrogens with two attached hydrogens (primary N) is 1. The first kappa shape index (κ1) is 13.6. The molecule has 3 aliphatic heterocycles. The molecular formula is C18H27N3. The van der Waals surface area contributed by atoms with Gasteiger partial charge in [0.2, 0.25) is 0 Å². The van der Waals surface area contributed by atoms with Gasteiger partial charge in [-0.25, -0.2) is 0 Å². The zero-order valence-corrected chi connectivity index (χ0v) is 13.1. The van der Waals surface area contributed by atoms with Crippen LogP contribution in [0.1, 0.15) is 31.7 Å². The molecule has 0 amide bonds. The van der Waals surface area contributed by atoms with Gasteiger partial charge in [-0.2, -0.15) is 0 Å². The van der Waals surface area contributed by atoms with Crippen molar-refractivity contribution in [2.24, 2.45) is 11.7 Å². The number of rotatable bonds is 2. The molecule has 0 aliphatic carbocycles. The molecule has 3 atom stereocenters. The Morgan fingerprint density at radius 3 is 3.00 bits per heavy atom. The first-order valence-electron chi connectivity index (χ1n) is 8.54. The topological polar surface area (TPSA) is 32.5 Å². The van der Waals surface area contributed by atoms with Gasteiger partial charge in [0.25, 0.3) is 0 Å². The van der Waals surface area contributed by atoms with Crippen molar-refractivity contribution in [3.05, 3.63) is 29.8 Å².